The fraction of sp³-hybridized carbons (Fsp3) is 0.286. The third-order valence-corrected chi connectivity index (χ3v) is 3.08. The summed E-state index contributed by atoms with van der Waals surface area (Å²) in [5.41, 5.74) is 7.28. The molecular weight excluding hydrogens is 212 g/mol. The number of carbonyl (C=O) groups excluding carboxylic acids is 1. The molecule has 3 nitrogen and oxygen atoms in total. The van der Waals surface area contributed by atoms with E-state index in [0.717, 1.165) is 10.9 Å². The maximum atomic E-state index is 12.1. The summed E-state index contributed by atoms with van der Waals surface area (Å²) in [6, 6.07) is 9.49. The number of fused-ring (bicyclic) bond motifs is 1. The Morgan fingerprint density at radius 1 is 1.29 bits per heavy atom. The van der Waals surface area contributed by atoms with Gasteiger partial charge >= 0.3 is 0 Å². The Kier molecular flexibility index (Phi) is 3.20. The first-order chi connectivity index (χ1) is 8.09. The van der Waals surface area contributed by atoms with Crippen LogP contribution in [0.2, 0.25) is 0 Å². The monoisotopic (exact) mass is 228 g/mol. The summed E-state index contributed by atoms with van der Waals surface area (Å²) in [4.78, 5) is 16.4. The van der Waals surface area contributed by atoms with Gasteiger partial charge in [-0.1, -0.05) is 25.1 Å². The summed E-state index contributed by atoms with van der Waals surface area (Å²) in [7, 11) is 0. The molecule has 0 fully saturated rings. The normalized spacial score (nSPS) is 14.5. The van der Waals surface area contributed by atoms with Crippen LogP contribution in [0.15, 0.2) is 36.5 Å². The number of ketones is 1. The van der Waals surface area contributed by atoms with E-state index in [1.165, 1.54) is 0 Å². The van der Waals surface area contributed by atoms with Crippen LogP contribution >= 0.6 is 0 Å². The van der Waals surface area contributed by atoms with E-state index in [4.69, 9.17) is 5.73 Å². The largest absolute Gasteiger partial charge is 0.327 e. The van der Waals surface area contributed by atoms with Gasteiger partial charge in [-0.3, -0.25) is 9.78 Å². The zero-order valence-corrected chi connectivity index (χ0v) is 10.1. The predicted octanol–water partition coefficient (Wildman–Crippen LogP) is 2.40. The molecule has 88 valence electrons. The zero-order valence-electron chi connectivity index (χ0n) is 10.1. The van der Waals surface area contributed by atoms with Crippen LogP contribution in [0, 0.1) is 5.92 Å². The van der Waals surface area contributed by atoms with Crippen LogP contribution in [0.3, 0.4) is 0 Å². The molecule has 0 aliphatic heterocycles. The van der Waals surface area contributed by atoms with E-state index in [9.17, 15) is 4.79 Å². The molecular formula is C14H16N2O. The highest BCUT2D eigenvalue weighted by Crippen LogP contribution is 2.16. The second-order valence-corrected chi connectivity index (χ2v) is 4.43. The lowest BCUT2D eigenvalue weighted by molar-refractivity contribution is 0.0917. The summed E-state index contributed by atoms with van der Waals surface area (Å²) in [5, 5.41) is 0.982. The number of hydrogen-bond acceptors (Lipinski definition) is 3. The van der Waals surface area contributed by atoms with E-state index < -0.39 is 0 Å². The fourth-order valence-corrected chi connectivity index (χ4v) is 1.71. The molecule has 2 unspecified atom stereocenters. The lowest BCUT2D eigenvalue weighted by Gasteiger charge is -2.14. The van der Waals surface area contributed by atoms with Crippen molar-refractivity contribution in [1.29, 1.82) is 0 Å². The first kappa shape index (κ1) is 11.7. The molecule has 2 atom stereocenters. The van der Waals surface area contributed by atoms with Crippen molar-refractivity contribution in [3.05, 3.63) is 42.1 Å². The van der Waals surface area contributed by atoms with Crippen molar-refractivity contribution >= 4 is 16.7 Å². The van der Waals surface area contributed by atoms with Crippen LogP contribution in [-0.4, -0.2) is 16.8 Å². The highest BCUT2D eigenvalue weighted by molar-refractivity contribution is 6.00. The van der Waals surface area contributed by atoms with Crippen molar-refractivity contribution in [3.63, 3.8) is 0 Å². The minimum absolute atomic E-state index is 0.0539. The van der Waals surface area contributed by atoms with E-state index in [1.54, 1.807) is 6.20 Å². The Hall–Kier alpha value is -1.74. The number of Topliss-reactive ketones (excluding diaryl/α,β-unsaturated/α-hetero) is 1. The van der Waals surface area contributed by atoms with Gasteiger partial charge in [0.1, 0.15) is 0 Å². The van der Waals surface area contributed by atoms with Gasteiger partial charge in [-0.25, -0.2) is 0 Å². The van der Waals surface area contributed by atoms with E-state index >= 15 is 0 Å². The zero-order chi connectivity index (χ0) is 12.4. The molecule has 2 aromatic rings. The smallest absolute Gasteiger partial charge is 0.168 e. The average molecular weight is 228 g/mol. The van der Waals surface area contributed by atoms with Gasteiger partial charge in [-0.05, 0) is 19.1 Å². The molecule has 0 amide bonds. The SMILES string of the molecule is CC(N)C(C)C(=O)c1cnc2ccccc2c1. The summed E-state index contributed by atoms with van der Waals surface area (Å²) in [6.07, 6.45) is 1.63. The molecule has 0 radical (unpaired) electrons. The first-order valence-electron chi connectivity index (χ1n) is 5.74. The molecule has 1 aromatic heterocycles. The topological polar surface area (TPSA) is 56.0 Å². The summed E-state index contributed by atoms with van der Waals surface area (Å²) in [5.74, 6) is -0.129. The van der Waals surface area contributed by atoms with E-state index in [1.807, 2.05) is 44.2 Å². The number of nitrogens with zero attached hydrogens (tertiary/aromatic N) is 1. The van der Waals surface area contributed by atoms with E-state index in [2.05, 4.69) is 4.98 Å². The molecule has 2 N–H and O–H groups in total. The second kappa shape index (κ2) is 4.63. The number of pyridine rings is 1. The van der Waals surface area contributed by atoms with Crippen molar-refractivity contribution < 1.29 is 4.79 Å². The molecule has 0 aliphatic rings. The quantitative estimate of drug-likeness (QED) is 0.821. The average Bonchev–Trinajstić information content (AvgIpc) is 2.36. The number of hydrogen-bond donors (Lipinski definition) is 1. The van der Waals surface area contributed by atoms with Crippen LogP contribution < -0.4 is 5.73 Å². The Bertz CT molecular complexity index is 549. The Labute approximate surface area is 101 Å². The van der Waals surface area contributed by atoms with Crippen molar-refractivity contribution in [2.45, 2.75) is 19.9 Å². The Morgan fingerprint density at radius 2 is 2.00 bits per heavy atom. The third-order valence-electron chi connectivity index (χ3n) is 3.08. The maximum Gasteiger partial charge on any atom is 0.168 e. The highest BCUT2D eigenvalue weighted by atomic mass is 16.1. The standard InChI is InChI=1S/C14H16N2O/c1-9(10(2)15)14(17)12-7-11-5-3-4-6-13(11)16-8-12/h3-10H,15H2,1-2H3. The van der Waals surface area contributed by atoms with Gasteiger partial charge in [0, 0.05) is 29.1 Å². The number of nitrogens with two attached hydrogens (primary N) is 1. The number of rotatable bonds is 3. The van der Waals surface area contributed by atoms with E-state index in [0.29, 0.717) is 5.56 Å². The highest BCUT2D eigenvalue weighted by Gasteiger charge is 2.19. The lowest BCUT2D eigenvalue weighted by Crippen LogP contribution is -2.30. The van der Waals surface area contributed by atoms with Gasteiger partial charge in [0.05, 0.1) is 5.52 Å². The predicted molar refractivity (Wildman–Crippen MR) is 68.9 cm³/mol. The molecule has 3 heteroatoms. The van der Waals surface area contributed by atoms with Gasteiger partial charge in [0.25, 0.3) is 0 Å². The number of carbonyl (C=O) groups is 1. The van der Waals surface area contributed by atoms with Crippen molar-refractivity contribution in [2.24, 2.45) is 11.7 Å². The summed E-state index contributed by atoms with van der Waals surface area (Å²) in [6.45, 7) is 3.69. The Balaban J connectivity index is 2.40. The molecule has 1 heterocycles. The van der Waals surface area contributed by atoms with Gasteiger partial charge in [0.2, 0.25) is 0 Å². The third kappa shape index (κ3) is 2.34. The summed E-state index contributed by atoms with van der Waals surface area (Å²) >= 11 is 0. The van der Waals surface area contributed by atoms with Crippen LogP contribution in [0.4, 0.5) is 0 Å². The molecule has 0 spiro atoms. The van der Waals surface area contributed by atoms with Crippen LogP contribution in [0.1, 0.15) is 24.2 Å². The molecule has 0 aliphatic carbocycles. The first-order valence-corrected chi connectivity index (χ1v) is 5.74. The van der Waals surface area contributed by atoms with Crippen LogP contribution in [0.5, 0.6) is 0 Å². The minimum Gasteiger partial charge on any atom is -0.327 e. The van der Waals surface area contributed by atoms with Gasteiger partial charge < -0.3 is 5.73 Å². The summed E-state index contributed by atoms with van der Waals surface area (Å²) < 4.78 is 0. The van der Waals surface area contributed by atoms with Crippen LogP contribution in [-0.2, 0) is 0 Å². The molecule has 0 bridgehead atoms. The molecule has 17 heavy (non-hydrogen) atoms. The van der Waals surface area contributed by atoms with Crippen molar-refractivity contribution in [2.75, 3.05) is 0 Å². The maximum absolute atomic E-state index is 12.1. The van der Waals surface area contributed by atoms with Crippen molar-refractivity contribution in [1.82, 2.24) is 4.98 Å². The van der Waals surface area contributed by atoms with Gasteiger partial charge in [-0.2, -0.15) is 0 Å². The fourth-order valence-electron chi connectivity index (χ4n) is 1.71. The van der Waals surface area contributed by atoms with Crippen molar-refractivity contribution in [3.8, 4) is 0 Å². The molecule has 2 rings (SSSR count). The number of para-hydroxylation sites is 1. The molecule has 1 aromatic carbocycles. The second-order valence-electron chi connectivity index (χ2n) is 4.43. The number of benzene rings is 1. The number of aromatic nitrogens is 1. The molecule has 0 saturated heterocycles. The lowest BCUT2D eigenvalue weighted by atomic mass is 9.94. The van der Waals surface area contributed by atoms with Gasteiger partial charge in [-0.15, -0.1) is 0 Å². The van der Waals surface area contributed by atoms with Gasteiger partial charge in [0.15, 0.2) is 5.78 Å². The van der Waals surface area contributed by atoms with Crippen LogP contribution in [0.25, 0.3) is 10.9 Å². The van der Waals surface area contributed by atoms with E-state index in [-0.39, 0.29) is 17.7 Å². The Morgan fingerprint density at radius 3 is 2.71 bits per heavy atom. The molecule has 0 saturated carbocycles. The minimum atomic E-state index is -0.182.